The SMILES string of the molecule is CSCC(C(=O)O)C1CC1. The molecule has 0 bridgehead atoms. The van der Waals surface area contributed by atoms with Gasteiger partial charge in [0.1, 0.15) is 0 Å². The van der Waals surface area contributed by atoms with Crippen molar-refractivity contribution in [3.63, 3.8) is 0 Å². The second-order valence-corrected chi connectivity index (χ2v) is 3.65. The summed E-state index contributed by atoms with van der Waals surface area (Å²) in [5, 5.41) is 8.70. The van der Waals surface area contributed by atoms with Crippen LogP contribution in [0.5, 0.6) is 0 Å². The van der Waals surface area contributed by atoms with E-state index in [0.29, 0.717) is 5.92 Å². The van der Waals surface area contributed by atoms with Gasteiger partial charge in [-0.15, -0.1) is 0 Å². The fraction of sp³-hybridized carbons (Fsp3) is 0.857. The lowest BCUT2D eigenvalue weighted by Crippen LogP contribution is -2.18. The van der Waals surface area contributed by atoms with Crippen molar-refractivity contribution in [1.82, 2.24) is 0 Å². The molecule has 0 aromatic carbocycles. The lowest BCUT2D eigenvalue weighted by atomic mass is 10.1. The molecule has 0 radical (unpaired) electrons. The first-order chi connectivity index (χ1) is 4.75. The number of rotatable bonds is 4. The van der Waals surface area contributed by atoms with E-state index in [2.05, 4.69) is 0 Å². The average Bonchev–Trinajstić information content (AvgIpc) is 2.63. The third-order valence-electron chi connectivity index (χ3n) is 1.85. The zero-order chi connectivity index (χ0) is 7.56. The normalized spacial score (nSPS) is 20.5. The summed E-state index contributed by atoms with van der Waals surface area (Å²) in [5.41, 5.74) is 0. The second-order valence-electron chi connectivity index (χ2n) is 2.74. The summed E-state index contributed by atoms with van der Waals surface area (Å²) in [6, 6.07) is 0. The van der Waals surface area contributed by atoms with Crippen molar-refractivity contribution in [2.45, 2.75) is 12.8 Å². The quantitative estimate of drug-likeness (QED) is 0.676. The molecule has 0 heterocycles. The molecule has 0 spiro atoms. The first-order valence-corrected chi connectivity index (χ1v) is 4.87. The molecule has 58 valence electrons. The largest absolute Gasteiger partial charge is 0.481 e. The highest BCUT2D eigenvalue weighted by Crippen LogP contribution is 2.38. The minimum Gasteiger partial charge on any atom is -0.481 e. The van der Waals surface area contributed by atoms with Gasteiger partial charge >= 0.3 is 5.97 Å². The predicted octanol–water partition coefficient (Wildman–Crippen LogP) is 1.46. The van der Waals surface area contributed by atoms with E-state index < -0.39 is 5.97 Å². The van der Waals surface area contributed by atoms with E-state index in [0.717, 1.165) is 18.6 Å². The molecule has 0 aliphatic heterocycles. The van der Waals surface area contributed by atoms with Crippen LogP contribution in [0, 0.1) is 11.8 Å². The van der Waals surface area contributed by atoms with E-state index in [1.165, 1.54) is 0 Å². The van der Waals surface area contributed by atoms with Gasteiger partial charge < -0.3 is 5.11 Å². The highest BCUT2D eigenvalue weighted by molar-refractivity contribution is 7.98. The molecule has 0 saturated heterocycles. The molecule has 1 aliphatic carbocycles. The van der Waals surface area contributed by atoms with Crippen molar-refractivity contribution < 1.29 is 9.90 Å². The number of carbonyl (C=O) groups is 1. The lowest BCUT2D eigenvalue weighted by Gasteiger charge is -2.07. The number of hydrogen-bond acceptors (Lipinski definition) is 2. The Morgan fingerprint density at radius 3 is 2.70 bits per heavy atom. The van der Waals surface area contributed by atoms with Gasteiger partial charge in [-0.25, -0.2) is 0 Å². The van der Waals surface area contributed by atoms with Crippen molar-refractivity contribution in [1.29, 1.82) is 0 Å². The monoisotopic (exact) mass is 160 g/mol. The van der Waals surface area contributed by atoms with E-state index in [-0.39, 0.29) is 5.92 Å². The maximum atomic E-state index is 10.6. The highest BCUT2D eigenvalue weighted by Gasteiger charge is 2.35. The molecule has 1 atom stereocenters. The minimum atomic E-state index is -0.614. The summed E-state index contributed by atoms with van der Waals surface area (Å²) in [5.74, 6) is 0.580. The molecule has 10 heavy (non-hydrogen) atoms. The molecular formula is C7H12O2S. The maximum Gasteiger partial charge on any atom is 0.307 e. The van der Waals surface area contributed by atoms with Crippen molar-refractivity contribution >= 4 is 17.7 Å². The summed E-state index contributed by atoms with van der Waals surface area (Å²) >= 11 is 1.63. The van der Waals surface area contributed by atoms with Crippen molar-refractivity contribution in [3.8, 4) is 0 Å². The van der Waals surface area contributed by atoms with Gasteiger partial charge in [-0.2, -0.15) is 11.8 Å². The van der Waals surface area contributed by atoms with Crippen LogP contribution in [0.2, 0.25) is 0 Å². The summed E-state index contributed by atoms with van der Waals surface area (Å²) < 4.78 is 0. The molecule has 0 aromatic rings. The molecular weight excluding hydrogens is 148 g/mol. The Morgan fingerprint density at radius 2 is 2.40 bits per heavy atom. The zero-order valence-corrected chi connectivity index (χ0v) is 6.86. The maximum absolute atomic E-state index is 10.6. The summed E-state index contributed by atoms with van der Waals surface area (Å²) in [7, 11) is 0. The van der Waals surface area contributed by atoms with Gasteiger partial charge in [-0.3, -0.25) is 4.79 Å². The van der Waals surface area contributed by atoms with Crippen LogP contribution in [0.15, 0.2) is 0 Å². The van der Waals surface area contributed by atoms with Gasteiger partial charge in [0.25, 0.3) is 0 Å². The van der Waals surface area contributed by atoms with E-state index in [9.17, 15) is 4.79 Å². The molecule has 1 N–H and O–H groups in total. The third-order valence-corrected chi connectivity index (χ3v) is 2.55. The Hall–Kier alpha value is -0.180. The summed E-state index contributed by atoms with van der Waals surface area (Å²) in [4.78, 5) is 10.6. The number of thioether (sulfide) groups is 1. The van der Waals surface area contributed by atoms with Crippen LogP contribution in [0.1, 0.15) is 12.8 Å². The molecule has 2 nitrogen and oxygen atoms in total. The van der Waals surface area contributed by atoms with E-state index in [1.807, 2.05) is 6.26 Å². The van der Waals surface area contributed by atoms with Crippen LogP contribution in [-0.4, -0.2) is 23.1 Å². The van der Waals surface area contributed by atoms with Gasteiger partial charge in [0, 0.05) is 5.75 Å². The van der Waals surface area contributed by atoms with E-state index >= 15 is 0 Å². The van der Waals surface area contributed by atoms with Crippen LogP contribution in [0.25, 0.3) is 0 Å². The van der Waals surface area contributed by atoms with Gasteiger partial charge in [0.15, 0.2) is 0 Å². The molecule has 1 rings (SSSR count). The van der Waals surface area contributed by atoms with Crippen LogP contribution >= 0.6 is 11.8 Å². The first-order valence-electron chi connectivity index (χ1n) is 3.47. The van der Waals surface area contributed by atoms with Crippen LogP contribution in [-0.2, 0) is 4.79 Å². The van der Waals surface area contributed by atoms with E-state index in [1.54, 1.807) is 11.8 Å². The van der Waals surface area contributed by atoms with Crippen molar-refractivity contribution in [3.05, 3.63) is 0 Å². The number of hydrogen-bond donors (Lipinski definition) is 1. The first kappa shape index (κ1) is 7.92. The fourth-order valence-corrected chi connectivity index (χ4v) is 1.86. The Balaban J connectivity index is 2.34. The fourth-order valence-electron chi connectivity index (χ4n) is 1.09. The lowest BCUT2D eigenvalue weighted by molar-refractivity contribution is -0.141. The molecule has 0 amide bonds. The van der Waals surface area contributed by atoms with Crippen LogP contribution in [0.4, 0.5) is 0 Å². The molecule has 0 aromatic heterocycles. The predicted molar refractivity (Wildman–Crippen MR) is 42.2 cm³/mol. The van der Waals surface area contributed by atoms with E-state index in [4.69, 9.17) is 5.11 Å². The summed E-state index contributed by atoms with van der Waals surface area (Å²) in [6.45, 7) is 0. The average molecular weight is 160 g/mol. The van der Waals surface area contributed by atoms with Gasteiger partial charge in [-0.05, 0) is 25.0 Å². The van der Waals surface area contributed by atoms with Gasteiger partial charge in [0.05, 0.1) is 5.92 Å². The molecule has 1 fully saturated rings. The van der Waals surface area contributed by atoms with Crippen molar-refractivity contribution in [2.24, 2.45) is 11.8 Å². The Bertz CT molecular complexity index is 132. The van der Waals surface area contributed by atoms with Gasteiger partial charge in [-0.1, -0.05) is 0 Å². The second kappa shape index (κ2) is 3.28. The minimum absolute atomic E-state index is 0.0741. The Kier molecular flexibility index (Phi) is 2.60. The van der Waals surface area contributed by atoms with Crippen LogP contribution < -0.4 is 0 Å². The Labute approximate surface area is 65.0 Å². The van der Waals surface area contributed by atoms with Crippen LogP contribution in [0.3, 0.4) is 0 Å². The summed E-state index contributed by atoms with van der Waals surface area (Å²) in [6.07, 6.45) is 4.20. The molecule has 3 heteroatoms. The number of aliphatic carboxylic acids is 1. The smallest absolute Gasteiger partial charge is 0.307 e. The number of carboxylic acids is 1. The highest BCUT2D eigenvalue weighted by atomic mass is 32.2. The Morgan fingerprint density at radius 1 is 1.80 bits per heavy atom. The molecule has 1 unspecified atom stereocenters. The molecule has 1 saturated carbocycles. The zero-order valence-electron chi connectivity index (χ0n) is 6.04. The topological polar surface area (TPSA) is 37.3 Å². The van der Waals surface area contributed by atoms with Gasteiger partial charge in [0.2, 0.25) is 0 Å². The standard InChI is InChI=1S/C7H12O2S/c1-10-4-6(7(8)9)5-2-3-5/h5-6H,2-4H2,1H3,(H,8,9). The number of carboxylic acid groups (broad SMARTS) is 1. The van der Waals surface area contributed by atoms with Crippen molar-refractivity contribution in [2.75, 3.05) is 12.0 Å². The molecule has 1 aliphatic rings. The third kappa shape index (κ3) is 1.90.